The molecule has 1 N–H and O–H groups in total. The second-order valence-corrected chi connectivity index (χ2v) is 7.46. The van der Waals surface area contributed by atoms with E-state index in [4.69, 9.17) is 13.6 Å². The topological polar surface area (TPSA) is 96.9 Å². The number of anilines is 2. The van der Waals surface area contributed by atoms with Crippen LogP contribution in [0.15, 0.2) is 94.9 Å². The normalized spacial score (nSPS) is 12.8. The predicted molar refractivity (Wildman–Crippen MR) is 126 cm³/mol. The lowest BCUT2D eigenvalue weighted by Gasteiger charge is -2.21. The molecule has 2 aromatic heterocycles. The number of nitrogens with one attached hydrogen (secondary N) is 1. The number of ether oxygens (including phenoxy) is 1. The second-order valence-electron chi connectivity index (χ2n) is 7.46. The first kappa shape index (κ1) is 21.1. The van der Waals surface area contributed by atoms with Crippen LogP contribution in [-0.4, -0.2) is 39.8 Å². The fourth-order valence-corrected chi connectivity index (χ4v) is 3.51. The van der Waals surface area contributed by atoms with Gasteiger partial charge in [-0.2, -0.15) is 0 Å². The van der Waals surface area contributed by atoms with Crippen LogP contribution in [0, 0.1) is 0 Å². The molecular formula is C25H21N5O4. The van der Waals surface area contributed by atoms with Crippen molar-refractivity contribution in [2.24, 2.45) is 0 Å². The Morgan fingerprint density at radius 3 is 2.59 bits per heavy atom. The number of methoxy groups -OCH3 is 1. The zero-order valence-electron chi connectivity index (χ0n) is 18.5. The number of hydrogen-bond acceptors (Lipinski definition) is 8. The average Bonchev–Trinajstić information content (AvgIpc) is 3.57. The lowest BCUT2D eigenvalue weighted by molar-refractivity contribution is 0.0865. The summed E-state index contributed by atoms with van der Waals surface area (Å²) < 4.78 is 16.8. The number of benzene rings is 2. The Morgan fingerprint density at radius 2 is 1.82 bits per heavy atom. The maximum Gasteiger partial charge on any atom is 0.299 e. The molecule has 2 aromatic carbocycles. The number of rotatable bonds is 6. The molecule has 34 heavy (non-hydrogen) atoms. The maximum atomic E-state index is 13.1. The van der Waals surface area contributed by atoms with Crippen molar-refractivity contribution in [3.8, 4) is 28.4 Å². The van der Waals surface area contributed by atoms with Crippen molar-refractivity contribution in [1.82, 2.24) is 19.8 Å². The number of carbonyl (C=O) groups is 1. The van der Waals surface area contributed by atoms with Crippen LogP contribution in [0.1, 0.15) is 10.4 Å². The second kappa shape index (κ2) is 8.99. The fraction of sp³-hybridized carbons (Fsp3) is 0.0800. The molecule has 9 nitrogen and oxygen atoms in total. The molecule has 1 aliphatic rings. The zero-order valence-corrected chi connectivity index (χ0v) is 18.5. The highest BCUT2D eigenvalue weighted by Gasteiger charge is 2.20. The van der Waals surface area contributed by atoms with E-state index in [2.05, 4.69) is 15.3 Å². The molecule has 5 rings (SSSR count). The first-order valence-corrected chi connectivity index (χ1v) is 10.4. The summed E-state index contributed by atoms with van der Waals surface area (Å²) in [5.74, 6) is 1.51. The van der Waals surface area contributed by atoms with E-state index in [0.29, 0.717) is 34.1 Å². The summed E-state index contributed by atoms with van der Waals surface area (Å²) in [6.45, 7) is 0. The van der Waals surface area contributed by atoms with Gasteiger partial charge in [0, 0.05) is 49.2 Å². The van der Waals surface area contributed by atoms with E-state index >= 15 is 0 Å². The van der Waals surface area contributed by atoms with Gasteiger partial charge in [-0.25, -0.2) is 9.97 Å². The third kappa shape index (κ3) is 4.14. The molecule has 3 heterocycles. The van der Waals surface area contributed by atoms with E-state index in [1.165, 1.54) is 11.3 Å². The number of hydrogen-bond donors (Lipinski definition) is 1. The number of oxazole rings is 2. The molecule has 4 aromatic rings. The van der Waals surface area contributed by atoms with Gasteiger partial charge in [0.15, 0.2) is 17.9 Å². The highest BCUT2D eigenvalue weighted by atomic mass is 16.5. The number of aromatic nitrogens is 2. The van der Waals surface area contributed by atoms with Crippen molar-refractivity contribution in [1.29, 1.82) is 0 Å². The van der Waals surface area contributed by atoms with Crippen molar-refractivity contribution >= 4 is 17.6 Å². The first-order chi connectivity index (χ1) is 16.6. The van der Waals surface area contributed by atoms with E-state index in [1.54, 1.807) is 50.4 Å². The SMILES string of the molecule is COc1cc(Nc2ncc(-c3ccccc3C(=O)N3C=CN(C)C=C3)o2)ccc1-c1cnco1. The molecule has 0 saturated heterocycles. The van der Waals surface area contributed by atoms with Gasteiger partial charge in [0.2, 0.25) is 0 Å². The monoisotopic (exact) mass is 455 g/mol. The molecule has 9 heteroatoms. The molecule has 1 aliphatic heterocycles. The minimum Gasteiger partial charge on any atom is -0.496 e. The summed E-state index contributed by atoms with van der Waals surface area (Å²) in [6.07, 6.45) is 11.6. The van der Waals surface area contributed by atoms with Crippen LogP contribution < -0.4 is 10.1 Å². The third-order valence-corrected chi connectivity index (χ3v) is 5.24. The minimum atomic E-state index is -0.171. The van der Waals surface area contributed by atoms with Gasteiger partial charge in [0.1, 0.15) is 5.75 Å². The van der Waals surface area contributed by atoms with Crippen molar-refractivity contribution in [2.45, 2.75) is 0 Å². The maximum absolute atomic E-state index is 13.1. The van der Waals surface area contributed by atoms with Gasteiger partial charge in [-0.05, 0) is 18.2 Å². The van der Waals surface area contributed by atoms with Crippen LogP contribution in [0.25, 0.3) is 22.6 Å². The molecule has 0 spiro atoms. The molecular weight excluding hydrogens is 434 g/mol. The van der Waals surface area contributed by atoms with Gasteiger partial charge in [0.25, 0.3) is 11.9 Å². The molecule has 170 valence electrons. The Bertz CT molecular complexity index is 1360. The smallest absolute Gasteiger partial charge is 0.299 e. The van der Waals surface area contributed by atoms with E-state index in [0.717, 1.165) is 5.56 Å². The third-order valence-electron chi connectivity index (χ3n) is 5.24. The summed E-state index contributed by atoms with van der Waals surface area (Å²) in [6, 6.07) is 13.1. The molecule has 0 atom stereocenters. The number of amides is 1. The molecule has 0 aliphatic carbocycles. The fourth-order valence-electron chi connectivity index (χ4n) is 3.51. The Balaban J connectivity index is 1.39. The quantitative estimate of drug-likeness (QED) is 0.430. The predicted octanol–water partition coefficient (Wildman–Crippen LogP) is 5.08. The van der Waals surface area contributed by atoms with Crippen LogP contribution in [0.3, 0.4) is 0 Å². The molecule has 0 bridgehead atoms. The number of nitrogens with zero attached hydrogens (tertiary/aromatic N) is 4. The lowest BCUT2D eigenvalue weighted by Crippen LogP contribution is -2.24. The van der Waals surface area contributed by atoms with Crippen molar-refractivity contribution in [3.63, 3.8) is 0 Å². The Hall–Kier alpha value is -4.79. The highest BCUT2D eigenvalue weighted by molar-refractivity contribution is 6.01. The van der Waals surface area contributed by atoms with Crippen LogP contribution in [0.4, 0.5) is 11.7 Å². The molecule has 0 unspecified atom stereocenters. The minimum absolute atomic E-state index is 0.171. The van der Waals surface area contributed by atoms with Gasteiger partial charge in [-0.15, -0.1) is 0 Å². The van der Waals surface area contributed by atoms with E-state index in [-0.39, 0.29) is 11.9 Å². The average molecular weight is 455 g/mol. The van der Waals surface area contributed by atoms with Crippen molar-refractivity contribution < 1.29 is 18.4 Å². The summed E-state index contributed by atoms with van der Waals surface area (Å²) in [5.41, 5.74) is 2.64. The Labute approximate surface area is 195 Å². The Morgan fingerprint density at radius 1 is 1.00 bits per heavy atom. The van der Waals surface area contributed by atoms with Crippen LogP contribution in [-0.2, 0) is 0 Å². The Kier molecular flexibility index (Phi) is 5.57. The van der Waals surface area contributed by atoms with Gasteiger partial charge >= 0.3 is 0 Å². The molecule has 1 amide bonds. The van der Waals surface area contributed by atoms with Crippen molar-refractivity contribution in [3.05, 3.63) is 91.6 Å². The molecule has 0 saturated carbocycles. The van der Waals surface area contributed by atoms with Gasteiger partial charge in [-0.1, -0.05) is 18.2 Å². The van der Waals surface area contributed by atoms with Crippen LogP contribution in [0.5, 0.6) is 5.75 Å². The van der Waals surface area contributed by atoms with E-state index in [1.807, 2.05) is 48.3 Å². The van der Waals surface area contributed by atoms with Gasteiger partial charge < -0.3 is 23.8 Å². The highest BCUT2D eigenvalue weighted by Crippen LogP contribution is 2.34. The molecule has 0 fully saturated rings. The lowest BCUT2D eigenvalue weighted by atomic mass is 10.0. The first-order valence-electron chi connectivity index (χ1n) is 10.4. The standard InChI is InChI=1S/C25H21N5O4/c1-29-9-11-30(12-10-29)24(31)19-6-4-3-5-18(19)23-15-27-25(34-23)28-17-7-8-20(21(13-17)32-2)22-14-26-16-33-22/h3-16H,1-2H3,(H,27,28). The van der Waals surface area contributed by atoms with Crippen LogP contribution >= 0.6 is 0 Å². The van der Waals surface area contributed by atoms with Crippen LogP contribution in [0.2, 0.25) is 0 Å². The summed E-state index contributed by atoms with van der Waals surface area (Å²) in [5, 5.41) is 3.13. The molecule has 0 radical (unpaired) electrons. The van der Waals surface area contributed by atoms with Crippen molar-refractivity contribution in [2.75, 3.05) is 19.5 Å². The summed E-state index contributed by atoms with van der Waals surface area (Å²) in [4.78, 5) is 24.8. The van der Waals surface area contributed by atoms with Gasteiger partial charge in [-0.3, -0.25) is 9.69 Å². The zero-order chi connectivity index (χ0) is 23.5. The van der Waals surface area contributed by atoms with E-state index in [9.17, 15) is 4.79 Å². The number of carbonyl (C=O) groups excluding carboxylic acids is 1. The van der Waals surface area contributed by atoms with E-state index < -0.39 is 0 Å². The summed E-state index contributed by atoms with van der Waals surface area (Å²) >= 11 is 0. The largest absolute Gasteiger partial charge is 0.496 e. The van der Waals surface area contributed by atoms with Gasteiger partial charge in [0.05, 0.1) is 30.6 Å². The summed E-state index contributed by atoms with van der Waals surface area (Å²) in [7, 11) is 3.48.